The number of nitrogens with zero attached hydrogens (tertiary/aromatic N) is 1. The number of nitriles is 1. The summed E-state index contributed by atoms with van der Waals surface area (Å²) in [7, 11) is 3.06. The molecule has 3 aromatic rings. The maximum atomic E-state index is 13.0. The third-order valence-electron chi connectivity index (χ3n) is 4.78. The van der Waals surface area contributed by atoms with Gasteiger partial charge in [0.25, 0.3) is 11.8 Å². The lowest BCUT2D eigenvalue weighted by atomic mass is 10.0. The topological polar surface area (TPSA) is 111 Å². The number of aliphatic hydroxyl groups is 1. The summed E-state index contributed by atoms with van der Waals surface area (Å²) in [5.74, 6) is -0.251. The van der Waals surface area contributed by atoms with Crippen LogP contribution in [0.1, 0.15) is 36.7 Å². The molecule has 8 heteroatoms. The molecule has 2 aromatic carbocycles. The number of nitrogens with one attached hydrogen (secondary N) is 2. The molecule has 0 aliphatic rings. The Balaban J connectivity index is 2.01. The largest absolute Gasteiger partial charge is 0.497 e. The Labute approximate surface area is 183 Å². The van der Waals surface area contributed by atoms with Gasteiger partial charge in [0.15, 0.2) is 0 Å². The van der Waals surface area contributed by atoms with E-state index in [1.807, 2.05) is 31.2 Å². The fourth-order valence-corrected chi connectivity index (χ4v) is 4.25. The minimum Gasteiger partial charge on any atom is -0.497 e. The number of carbonyl (C=O) groups is 2. The predicted molar refractivity (Wildman–Crippen MR) is 119 cm³/mol. The number of aliphatic hydroxyl groups excluding tert-OH is 1. The summed E-state index contributed by atoms with van der Waals surface area (Å²) in [6.45, 7) is 1.61. The zero-order chi connectivity index (χ0) is 22.5. The molecule has 31 heavy (non-hydrogen) atoms. The van der Waals surface area contributed by atoms with Gasteiger partial charge in [0.1, 0.15) is 16.8 Å². The molecule has 0 radical (unpaired) electrons. The first-order valence-electron chi connectivity index (χ1n) is 9.38. The summed E-state index contributed by atoms with van der Waals surface area (Å²) in [6, 6.07) is 14.1. The van der Waals surface area contributed by atoms with E-state index in [0.717, 1.165) is 16.0 Å². The second kappa shape index (κ2) is 9.43. The molecule has 7 nitrogen and oxygen atoms in total. The standard InChI is InChI=1S/C23H21N3O4S/c1-13-20(15-5-7-16(30-3)8-6-15)19(11-24)23(31-13)26-22(29)18-10-14(12-27)4-9-17(18)21(28)25-2/h4-10,27H,12H2,1-3H3,(H,25,28)(H,26,29). The SMILES string of the molecule is CNC(=O)c1ccc(CO)cc1C(=O)Nc1sc(C)c(-c2ccc(OC)cc2)c1C#N. The normalized spacial score (nSPS) is 10.3. The van der Waals surface area contributed by atoms with Crippen LogP contribution in [0.15, 0.2) is 42.5 Å². The van der Waals surface area contributed by atoms with E-state index in [1.54, 1.807) is 13.2 Å². The summed E-state index contributed by atoms with van der Waals surface area (Å²) in [6.07, 6.45) is 0. The number of rotatable bonds is 6. The molecule has 0 saturated carbocycles. The maximum Gasteiger partial charge on any atom is 0.257 e. The van der Waals surface area contributed by atoms with Crippen molar-refractivity contribution in [2.45, 2.75) is 13.5 Å². The van der Waals surface area contributed by atoms with Gasteiger partial charge in [0, 0.05) is 17.5 Å². The summed E-state index contributed by atoms with van der Waals surface area (Å²) in [5.41, 5.74) is 2.72. The summed E-state index contributed by atoms with van der Waals surface area (Å²) < 4.78 is 5.19. The van der Waals surface area contributed by atoms with E-state index in [0.29, 0.717) is 21.9 Å². The van der Waals surface area contributed by atoms with Gasteiger partial charge in [-0.2, -0.15) is 5.26 Å². The third-order valence-corrected chi connectivity index (χ3v) is 5.81. The van der Waals surface area contributed by atoms with Crippen molar-refractivity contribution in [2.75, 3.05) is 19.5 Å². The molecule has 0 saturated heterocycles. The zero-order valence-electron chi connectivity index (χ0n) is 17.3. The number of aryl methyl sites for hydroxylation is 1. The van der Waals surface area contributed by atoms with Gasteiger partial charge in [-0.3, -0.25) is 9.59 Å². The van der Waals surface area contributed by atoms with Gasteiger partial charge in [-0.25, -0.2) is 0 Å². The number of amides is 2. The van der Waals surface area contributed by atoms with E-state index in [-0.39, 0.29) is 17.7 Å². The number of methoxy groups -OCH3 is 1. The van der Waals surface area contributed by atoms with E-state index in [2.05, 4.69) is 16.7 Å². The molecule has 158 valence electrons. The van der Waals surface area contributed by atoms with Crippen LogP contribution in [-0.2, 0) is 6.61 Å². The van der Waals surface area contributed by atoms with Crippen LogP contribution in [0.5, 0.6) is 5.75 Å². The van der Waals surface area contributed by atoms with Gasteiger partial charge in [-0.05, 0) is 42.3 Å². The average Bonchev–Trinajstić information content (AvgIpc) is 3.12. The van der Waals surface area contributed by atoms with Gasteiger partial charge < -0.3 is 20.5 Å². The molecular weight excluding hydrogens is 414 g/mol. The van der Waals surface area contributed by atoms with E-state index < -0.39 is 11.8 Å². The number of benzene rings is 2. The molecule has 0 spiro atoms. The Hall–Kier alpha value is -3.67. The van der Waals surface area contributed by atoms with Crippen molar-refractivity contribution in [2.24, 2.45) is 0 Å². The summed E-state index contributed by atoms with van der Waals surface area (Å²) in [4.78, 5) is 26.1. The quantitative estimate of drug-likeness (QED) is 0.547. The molecule has 2 amide bonds. The number of hydrogen-bond acceptors (Lipinski definition) is 6. The predicted octanol–water partition coefficient (Wildman–Crippen LogP) is 3.71. The van der Waals surface area contributed by atoms with Gasteiger partial charge in [0.2, 0.25) is 0 Å². The van der Waals surface area contributed by atoms with Crippen molar-refractivity contribution >= 4 is 28.2 Å². The van der Waals surface area contributed by atoms with Crippen LogP contribution in [-0.4, -0.2) is 31.1 Å². The molecule has 0 aliphatic carbocycles. The zero-order valence-corrected chi connectivity index (χ0v) is 18.1. The fourth-order valence-electron chi connectivity index (χ4n) is 3.23. The van der Waals surface area contributed by atoms with Crippen molar-refractivity contribution in [3.63, 3.8) is 0 Å². The van der Waals surface area contributed by atoms with Crippen LogP contribution in [0, 0.1) is 18.3 Å². The Morgan fingerprint density at radius 1 is 1.13 bits per heavy atom. The van der Waals surface area contributed by atoms with Gasteiger partial charge >= 0.3 is 0 Å². The first kappa shape index (κ1) is 22.0. The number of carbonyl (C=O) groups excluding carboxylic acids is 2. The number of anilines is 1. The summed E-state index contributed by atoms with van der Waals surface area (Å²) in [5, 5.41) is 24.9. The van der Waals surface area contributed by atoms with Crippen molar-refractivity contribution in [3.8, 4) is 22.9 Å². The van der Waals surface area contributed by atoms with Crippen LogP contribution in [0.25, 0.3) is 11.1 Å². The third kappa shape index (κ3) is 4.43. The lowest BCUT2D eigenvalue weighted by Crippen LogP contribution is -2.23. The van der Waals surface area contributed by atoms with Gasteiger partial charge in [-0.1, -0.05) is 18.2 Å². The van der Waals surface area contributed by atoms with Gasteiger partial charge in [0.05, 0.1) is 30.4 Å². The van der Waals surface area contributed by atoms with Crippen LogP contribution in [0.3, 0.4) is 0 Å². The lowest BCUT2D eigenvalue weighted by molar-refractivity contribution is 0.0948. The van der Waals surface area contributed by atoms with Crippen molar-refractivity contribution < 1.29 is 19.4 Å². The molecular formula is C23H21N3O4S. The molecule has 0 unspecified atom stereocenters. The second-order valence-corrected chi connectivity index (χ2v) is 7.87. The minimum atomic E-state index is -0.534. The minimum absolute atomic E-state index is 0.117. The molecule has 1 aromatic heterocycles. The molecule has 0 aliphatic heterocycles. The number of thiophene rings is 1. The van der Waals surface area contributed by atoms with E-state index in [4.69, 9.17) is 4.74 Å². The molecule has 3 rings (SSSR count). The molecule has 0 atom stereocenters. The molecule has 0 fully saturated rings. The molecule has 3 N–H and O–H groups in total. The molecule has 1 heterocycles. The van der Waals surface area contributed by atoms with Crippen molar-refractivity contribution in [1.29, 1.82) is 5.26 Å². The van der Waals surface area contributed by atoms with E-state index in [9.17, 15) is 20.0 Å². The number of ether oxygens (including phenoxy) is 1. The highest BCUT2D eigenvalue weighted by atomic mass is 32.1. The van der Waals surface area contributed by atoms with Crippen LogP contribution in [0.2, 0.25) is 0 Å². The average molecular weight is 436 g/mol. The highest BCUT2D eigenvalue weighted by Crippen LogP contribution is 2.40. The van der Waals surface area contributed by atoms with E-state index >= 15 is 0 Å². The Morgan fingerprint density at radius 2 is 1.84 bits per heavy atom. The monoisotopic (exact) mass is 435 g/mol. The van der Waals surface area contributed by atoms with E-state index in [1.165, 1.54) is 30.5 Å². The first-order valence-corrected chi connectivity index (χ1v) is 10.2. The Bertz CT molecular complexity index is 1180. The second-order valence-electron chi connectivity index (χ2n) is 6.65. The van der Waals surface area contributed by atoms with Crippen LogP contribution >= 0.6 is 11.3 Å². The smallest absolute Gasteiger partial charge is 0.257 e. The Morgan fingerprint density at radius 3 is 2.42 bits per heavy atom. The molecule has 0 bridgehead atoms. The van der Waals surface area contributed by atoms with Crippen molar-refractivity contribution in [3.05, 3.63) is 69.6 Å². The lowest BCUT2D eigenvalue weighted by Gasteiger charge is -2.10. The first-order chi connectivity index (χ1) is 14.9. The highest BCUT2D eigenvalue weighted by molar-refractivity contribution is 7.17. The van der Waals surface area contributed by atoms with Crippen LogP contribution < -0.4 is 15.4 Å². The van der Waals surface area contributed by atoms with Crippen molar-refractivity contribution in [1.82, 2.24) is 5.32 Å². The van der Waals surface area contributed by atoms with Crippen LogP contribution in [0.4, 0.5) is 5.00 Å². The van der Waals surface area contributed by atoms with Gasteiger partial charge in [-0.15, -0.1) is 11.3 Å². The summed E-state index contributed by atoms with van der Waals surface area (Å²) >= 11 is 1.29. The fraction of sp³-hybridized carbons (Fsp3) is 0.174. The highest BCUT2D eigenvalue weighted by Gasteiger charge is 2.22. The number of hydrogen-bond donors (Lipinski definition) is 3. The Kier molecular flexibility index (Phi) is 6.70. The maximum absolute atomic E-state index is 13.0.